The Morgan fingerprint density at radius 3 is 2.06 bits per heavy atom. The Labute approximate surface area is 199 Å². The summed E-state index contributed by atoms with van der Waals surface area (Å²) < 4.78 is 146. The summed E-state index contributed by atoms with van der Waals surface area (Å²) in [5.41, 5.74) is -3.77. The molecule has 3 rings (SSSR count). The topological polar surface area (TPSA) is 54.5 Å². The number of nitrogens with zero attached hydrogens (tertiary/aromatic N) is 1. The van der Waals surface area contributed by atoms with Crippen molar-refractivity contribution in [3.05, 3.63) is 64.7 Å². The van der Waals surface area contributed by atoms with Crippen LogP contribution in [0.4, 0.5) is 39.5 Å². The van der Waals surface area contributed by atoms with Crippen LogP contribution < -0.4 is 0 Å². The van der Waals surface area contributed by atoms with Gasteiger partial charge in [-0.25, -0.2) is 21.6 Å². The van der Waals surface area contributed by atoms with Crippen LogP contribution in [0.3, 0.4) is 0 Å². The van der Waals surface area contributed by atoms with E-state index in [1.54, 1.807) is 0 Å². The van der Waals surface area contributed by atoms with E-state index in [2.05, 4.69) is 0 Å². The second-order valence-electron chi connectivity index (χ2n) is 8.40. The summed E-state index contributed by atoms with van der Waals surface area (Å²) >= 11 is 0. The maximum Gasteiger partial charge on any atom is 0.419 e. The molecule has 2 aromatic carbocycles. The molecule has 0 N–H and O–H groups in total. The fraction of sp³-hybridized carbons (Fsp3) is 0.409. The fourth-order valence-electron chi connectivity index (χ4n) is 4.03. The van der Waals surface area contributed by atoms with Crippen LogP contribution in [0.2, 0.25) is 0 Å². The predicted octanol–water partition coefficient (Wildman–Crippen LogP) is 6.16. The second-order valence-corrected chi connectivity index (χ2v) is 10.6. The van der Waals surface area contributed by atoms with Crippen molar-refractivity contribution in [2.24, 2.45) is 0 Å². The summed E-state index contributed by atoms with van der Waals surface area (Å²) in [5, 5.41) is -3.07. The molecule has 0 radical (unpaired) electrons. The molecule has 1 saturated carbocycles. The third kappa shape index (κ3) is 5.32. The zero-order chi connectivity index (χ0) is 27.3. The zero-order valence-corrected chi connectivity index (χ0v) is 19.2. The van der Waals surface area contributed by atoms with E-state index in [9.17, 15) is 48.3 Å². The van der Waals surface area contributed by atoms with Gasteiger partial charge in [0.25, 0.3) is 5.91 Å². The van der Waals surface area contributed by atoms with E-state index < -0.39 is 85.2 Å². The number of carbonyl (C=O) groups is 1. The van der Waals surface area contributed by atoms with Crippen molar-refractivity contribution < 1.29 is 52.7 Å². The average Bonchev–Trinajstić information content (AvgIpc) is 2.77. The van der Waals surface area contributed by atoms with Gasteiger partial charge in [0.2, 0.25) is 14.8 Å². The minimum absolute atomic E-state index is 0.0705. The monoisotopic (exact) mass is 547 g/mol. The van der Waals surface area contributed by atoms with Gasteiger partial charge in [-0.15, -0.1) is 0 Å². The number of rotatable bonds is 4. The molecule has 0 saturated heterocycles. The van der Waals surface area contributed by atoms with Crippen molar-refractivity contribution in [1.82, 2.24) is 4.90 Å². The van der Waals surface area contributed by atoms with Crippen molar-refractivity contribution in [3.63, 3.8) is 0 Å². The van der Waals surface area contributed by atoms with Crippen molar-refractivity contribution >= 4 is 15.7 Å². The van der Waals surface area contributed by atoms with E-state index in [-0.39, 0.29) is 31.0 Å². The number of sulfone groups is 1. The molecule has 0 aromatic heterocycles. The van der Waals surface area contributed by atoms with Crippen LogP contribution in [0.25, 0.3) is 0 Å². The Bertz CT molecular complexity index is 1260. The quantitative estimate of drug-likeness (QED) is 0.431. The fourth-order valence-corrected chi connectivity index (χ4v) is 5.77. The molecule has 0 heterocycles. The highest BCUT2D eigenvalue weighted by Crippen LogP contribution is 2.43. The molecule has 4 nitrogen and oxygen atoms in total. The molecule has 36 heavy (non-hydrogen) atoms. The molecule has 1 fully saturated rings. The lowest BCUT2D eigenvalue weighted by atomic mass is 9.92. The molecule has 0 atom stereocenters. The van der Waals surface area contributed by atoms with Gasteiger partial charge < -0.3 is 4.90 Å². The first-order valence-corrected chi connectivity index (χ1v) is 11.8. The van der Waals surface area contributed by atoms with Gasteiger partial charge in [0.05, 0.1) is 16.0 Å². The van der Waals surface area contributed by atoms with Gasteiger partial charge in [-0.05, 0) is 62.1 Å². The Balaban J connectivity index is 1.80. The van der Waals surface area contributed by atoms with E-state index in [0.717, 1.165) is 11.0 Å². The molecule has 198 valence electrons. The van der Waals surface area contributed by atoms with E-state index in [0.29, 0.717) is 12.1 Å². The van der Waals surface area contributed by atoms with E-state index in [1.807, 2.05) is 0 Å². The predicted molar refractivity (Wildman–Crippen MR) is 108 cm³/mol. The van der Waals surface area contributed by atoms with Crippen molar-refractivity contribution in [2.75, 3.05) is 7.05 Å². The number of hydrogen-bond donors (Lipinski definition) is 0. The third-order valence-electron chi connectivity index (χ3n) is 6.08. The molecular weight excluding hydrogens is 529 g/mol. The van der Waals surface area contributed by atoms with Crippen LogP contribution >= 0.6 is 0 Å². The zero-order valence-electron chi connectivity index (χ0n) is 18.4. The maximum atomic E-state index is 15.5. The molecular formula is C22H18F9NO3S. The van der Waals surface area contributed by atoms with Gasteiger partial charge in [-0.2, -0.15) is 26.3 Å². The number of halogens is 9. The van der Waals surface area contributed by atoms with Gasteiger partial charge in [0.15, 0.2) is 0 Å². The number of amides is 1. The molecule has 0 spiro atoms. The van der Waals surface area contributed by atoms with Crippen LogP contribution in [0.5, 0.6) is 0 Å². The summed E-state index contributed by atoms with van der Waals surface area (Å²) in [6.07, 6.45) is -12.3. The summed E-state index contributed by atoms with van der Waals surface area (Å²) in [6, 6.07) is 1.27. The Hall–Kier alpha value is -2.77. The molecule has 2 aromatic rings. The molecule has 1 aliphatic rings. The molecule has 1 amide bonds. The van der Waals surface area contributed by atoms with Gasteiger partial charge in [0, 0.05) is 18.7 Å². The third-order valence-corrected chi connectivity index (χ3v) is 8.31. The first-order chi connectivity index (χ1) is 16.4. The van der Waals surface area contributed by atoms with Crippen LogP contribution in [0.1, 0.15) is 47.2 Å². The highest BCUT2D eigenvalue weighted by atomic mass is 32.2. The Morgan fingerprint density at radius 2 is 1.53 bits per heavy atom. The van der Waals surface area contributed by atoms with Crippen LogP contribution in [0, 0.1) is 11.6 Å². The summed E-state index contributed by atoms with van der Waals surface area (Å²) in [7, 11) is -3.91. The Kier molecular flexibility index (Phi) is 7.16. The lowest BCUT2D eigenvalue weighted by molar-refractivity contribution is -0.140. The normalized spacial score (nSPS) is 21.3. The smallest absolute Gasteiger partial charge is 0.339 e. The van der Waals surface area contributed by atoms with Gasteiger partial charge >= 0.3 is 12.4 Å². The van der Waals surface area contributed by atoms with Gasteiger partial charge in [-0.1, -0.05) is 0 Å². The number of carbonyl (C=O) groups excluding carboxylic acids is 1. The summed E-state index contributed by atoms with van der Waals surface area (Å²) in [5.74, 6) is -4.07. The van der Waals surface area contributed by atoms with Crippen molar-refractivity contribution in [1.29, 1.82) is 0 Å². The van der Waals surface area contributed by atoms with Crippen LogP contribution in [0.15, 0.2) is 41.3 Å². The Morgan fingerprint density at radius 1 is 0.944 bits per heavy atom. The van der Waals surface area contributed by atoms with Crippen LogP contribution in [-0.2, 0) is 22.2 Å². The van der Waals surface area contributed by atoms with E-state index in [4.69, 9.17) is 0 Å². The number of benzene rings is 2. The maximum absolute atomic E-state index is 15.5. The second kappa shape index (κ2) is 9.27. The van der Waals surface area contributed by atoms with Crippen LogP contribution in [-0.4, -0.2) is 37.3 Å². The molecule has 0 aliphatic heterocycles. The van der Waals surface area contributed by atoms with Gasteiger partial charge in [0.1, 0.15) is 11.6 Å². The molecule has 0 bridgehead atoms. The van der Waals surface area contributed by atoms with Crippen molar-refractivity contribution in [3.8, 4) is 0 Å². The van der Waals surface area contributed by atoms with Gasteiger partial charge in [-0.3, -0.25) is 4.79 Å². The standard InChI is InChI=1S/C22H18F9NO3S/c1-32(19(33)12-2-3-18(24)17(8-12)22(29,30)31)15-4-6-20(25,7-5-15)36(34,35)16-10-13(21(26,27)28)9-14(23)11-16/h2-3,8-11,15H,4-7H2,1H3/t15-,20+. The largest absolute Gasteiger partial charge is 0.419 e. The molecule has 0 unspecified atom stereocenters. The first kappa shape index (κ1) is 27.8. The highest BCUT2D eigenvalue weighted by Gasteiger charge is 2.49. The molecule has 14 heteroatoms. The highest BCUT2D eigenvalue weighted by molar-refractivity contribution is 7.92. The van der Waals surface area contributed by atoms with E-state index >= 15 is 4.39 Å². The van der Waals surface area contributed by atoms with E-state index in [1.165, 1.54) is 7.05 Å². The average molecular weight is 547 g/mol. The first-order valence-electron chi connectivity index (χ1n) is 10.3. The summed E-state index contributed by atoms with van der Waals surface area (Å²) in [4.78, 5) is 12.4. The van der Waals surface area contributed by atoms with Crippen molar-refractivity contribution in [2.45, 2.75) is 54.0 Å². The molecule has 1 aliphatic carbocycles. The number of alkyl halides is 7. The minimum atomic E-state index is -5.09. The lowest BCUT2D eigenvalue weighted by Gasteiger charge is -2.37. The SMILES string of the molecule is CN(C(=O)c1ccc(F)c(C(F)(F)F)c1)[C@H]1CC[C@@](F)(S(=O)(=O)c2cc(F)cc(C(F)(F)F)c2)CC1. The lowest BCUT2D eigenvalue weighted by Crippen LogP contribution is -2.45. The number of hydrogen-bond acceptors (Lipinski definition) is 3. The summed E-state index contributed by atoms with van der Waals surface area (Å²) in [6.45, 7) is 0. The minimum Gasteiger partial charge on any atom is -0.339 e.